The van der Waals surface area contributed by atoms with Gasteiger partial charge in [0, 0.05) is 23.8 Å². The molecular weight excluding hydrogens is 247 g/mol. The monoisotopic (exact) mass is 258 g/mol. The van der Waals surface area contributed by atoms with E-state index in [1.807, 2.05) is 0 Å². The Bertz CT molecular complexity index is 343. The Balaban J connectivity index is 2.27. The second kappa shape index (κ2) is 3.85. The molecule has 2 nitrogen and oxygen atoms in total. The smallest absolute Gasteiger partial charge is 0.236 e. The number of pyridine rings is 1. The summed E-state index contributed by atoms with van der Waals surface area (Å²) in [6.45, 7) is 4.04. The normalized spacial score (nSPS) is 21.6. The molecule has 1 atom stereocenters. The predicted molar refractivity (Wildman–Crippen MR) is 57.9 cm³/mol. The van der Waals surface area contributed by atoms with Crippen LogP contribution in [0.4, 0.5) is 10.1 Å². The first-order valence-electron chi connectivity index (χ1n) is 4.73. The summed E-state index contributed by atoms with van der Waals surface area (Å²) < 4.78 is 14.2. The van der Waals surface area contributed by atoms with Gasteiger partial charge >= 0.3 is 0 Å². The highest BCUT2D eigenvalue weighted by atomic mass is 79.9. The van der Waals surface area contributed by atoms with Gasteiger partial charge in [0.05, 0.1) is 5.69 Å². The minimum absolute atomic E-state index is 0.373. The summed E-state index contributed by atoms with van der Waals surface area (Å²) in [7, 11) is 0. The van der Waals surface area contributed by atoms with E-state index in [1.54, 1.807) is 6.07 Å². The van der Waals surface area contributed by atoms with Crippen molar-refractivity contribution < 1.29 is 4.39 Å². The first-order chi connectivity index (χ1) is 6.66. The van der Waals surface area contributed by atoms with Crippen LogP contribution in [0.25, 0.3) is 0 Å². The van der Waals surface area contributed by atoms with Gasteiger partial charge < -0.3 is 4.90 Å². The van der Waals surface area contributed by atoms with Crippen molar-refractivity contribution in [1.82, 2.24) is 4.98 Å². The molecule has 1 aliphatic heterocycles. The van der Waals surface area contributed by atoms with Crippen molar-refractivity contribution in [2.75, 3.05) is 18.0 Å². The van der Waals surface area contributed by atoms with Crippen molar-refractivity contribution in [3.63, 3.8) is 0 Å². The summed E-state index contributed by atoms with van der Waals surface area (Å²) in [6, 6.07) is 1.79. The van der Waals surface area contributed by atoms with Gasteiger partial charge in [-0.05, 0) is 34.3 Å². The highest BCUT2D eigenvalue weighted by molar-refractivity contribution is 9.10. The first kappa shape index (κ1) is 9.90. The molecule has 0 N–H and O–H groups in total. The average molecular weight is 259 g/mol. The molecule has 0 saturated carbocycles. The van der Waals surface area contributed by atoms with Crippen molar-refractivity contribution in [1.29, 1.82) is 0 Å². The molecule has 2 heterocycles. The molecule has 0 aromatic carbocycles. The number of halogens is 2. The zero-order valence-corrected chi connectivity index (χ0v) is 9.59. The van der Waals surface area contributed by atoms with Gasteiger partial charge in [0.25, 0.3) is 0 Å². The fourth-order valence-electron chi connectivity index (χ4n) is 1.79. The lowest BCUT2D eigenvalue weighted by atomic mass is 10.2. The lowest BCUT2D eigenvalue weighted by molar-refractivity contribution is 0.578. The fraction of sp³-hybridized carbons (Fsp3) is 0.500. The molecule has 1 aliphatic rings. The molecule has 14 heavy (non-hydrogen) atoms. The molecular formula is C10H12BrFN2. The molecule has 0 amide bonds. The molecule has 1 aromatic heterocycles. The van der Waals surface area contributed by atoms with E-state index in [0.717, 1.165) is 24.0 Å². The van der Waals surface area contributed by atoms with E-state index in [4.69, 9.17) is 0 Å². The number of aromatic nitrogens is 1. The van der Waals surface area contributed by atoms with Gasteiger partial charge in [0.15, 0.2) is 0 Å². The Morgan fingerprint density at radius 2 is 2.43 bits per heavy atom. The largest absolute Gasteiger partial charge is 0.368 e. The molecule has 0 radical (unpaired) electrons. The van der Waals surface area contributed by atoms with Crippen LogP contribution in [0.2, 0.25) is 0 Å². The lowest BCUT2D eigenvalue weighted by Gasteiger charge is -2.18. The zero-order chi connectivity index (χ0) is 10.1. The third-order valence-corrected chi connectivity index (χ3v) is 2.99. The highest BCUT2D eigenvalue weighted by Crippen LogP contribution is 2.27. The van der Waals surface area contributed by atoms with Gasteiger partial charge in [0.1, 0.15) is 0 Å². The fourth-order valence-corrected chi connectivity index (χ4v) is 2.11. The standard InChI is InChI=1S/C10H12BrFN2/c1-7-2-3-14(6-7)9-4-8(11)5-13-10(9)12/h4-5,7H,2-3,6H2,1H3. The Morgan fingerprint density at radius 3 is 3.07 bits per heavy atom. The van der Waals surface area contributed by atoms with Crippen LogP contribution in [0.1, 0.15) is 13.3 Å². The van der Waals surface area contributed by atoms with Crippen LogP contribution in [0, 0.1) is 11.9 Å². The molecule has 0 bridgehead atoms. The van der Waals surface area contributed by atoms with E-state index in [9.17, 15) is 4.39 Å². The Morgan fingerprint density at radius 1 is 1.64 bits per heavy atom. The minimum atomic E-state index is -0.373. The Labute approximate surface area is 91.3 Å². The van der Waals surface area contributed by atoms with E-state index < -0.39 is 0 Å². The van der Waals surface area contributed by atoms with Crippen LogP contribution in [0.3, 0.4) is 0 Å². The third kappa shape index (κ3) is 1.90. The topological polar surface area (TPSA) is 16.1 Å². The van der Waals surface area contributed by atoms with Gasteiger partial charge in [-0.25, -0.2) is 4.98 Å². The van der Waals surface area contributed by atoms with Gasteiger partial charge in [-0.3, -0.25) is 0 Å². The molecule has 1 fully saturated rings. The van der Waals surface area contributed by atoms with Gasteiger partial charge in [-0.2, -0.15) is 4.39 Å². The number of rotatable bonds is 1. The average Bonchev–Trinajstić information content (AvgIpc) is 2.56. The molecule has 0 spiro atoms. The maximum Gasteiger partial charge on any atom is 0.236 e. The predicted octanol–water partition coefficient (Wildman–Crippen LogP) is 2.83. The highest BCUT2D eigenvalue weighted by Gasteiger charge is 2.21. The summed E-state index contributed by atoms with van der Waals surface area (Å²) in [5, 5.41) is 0. The summed E-state index contributed by atoms with van der Waals surface area (Å²) in [5.41, 5.74) is 0.615. The zero-order valence-electron chi connectivity index (χ0n) is 8.00. The molecule has 1 saturated heterocycles. The van der Waals surface area contributed by atoms with Crippen molar-refractivity contribution in [2.45, 2.75) is 13.3 Å². The summed E-state index contributed by atoms with van der Waals surface area (Å²) in [6.07, 6.45) is 2.62. The summed E-state index contributed by atoms with van der Waals surface area (Å²) in [4.78, 5) is 5.75. The molecule has 4 heteroatoms. The van der Waals surface area contributed by atoms with Crippen LogP contribution < -0.4 is 4.90 Å². The van der Waals surface area contributed by atoms with E-state index in [0.29, 0.717) is 11.6 Å². The molecule has 0 aliphatic carbocycles. The molecule has 1 unspecified atom stereocenters. The van der Waals surface area contributed by atoms with Crippen LogP contribution >= 0.6 is 15.9 Å². The van der Waals surface area contributed by atoms with Crippen molar-refractivity contribution in [3.05, 3.63) is 22.7 Å². The Kier molecular flexibility index (Phi) is 2.72. The number of hydrogen-bond acceptors (Lipinski definition) is 2. The SMILES string of the molecule is CC1CCN(c2cc(Br)cnc2F)C1. The van der Waals surface area contributed by atoms with Crippen molar-refractivity contribution in [3.8, 4) is 0 Å². The summed E-state index contributed by atoms with van der Waals surface area (Å²) >= 11 is 3.30. The van der Waals surface area contributed by atoms with E-state index >= 15 is 0 Å². The van der Waals surface area contributed by atoms with E-state index in [-0.39, 0.29) is 5.95 Å². The molecule has 2 rings (SSSR count). The van der Waals surface area contributed by atoms with E-state index in [2.05, 4.69) is 32.7 Å². The number of anilines is 1. The van der Waals surface area contributed by atoms with Gasteiger partial charge in [-0.1, -0.05) is 6.92 Å². The number of nitrogens with zero attached hydrogens (tertiary/aromatic N) is 2. The third-order valence-electron chi connectivity index (χ3n) is 2.55. The first-order valence-corrected chi connectivity index (χ1v) is 5.52. The van der Waals surface area contributed by atoms with Gasteiger partial charge in [0.2, 0.25) is 5.95 Å². The number of hydrogen-bond donors (Lipinski definition) is 0. The molecule has 1 aromatic rings. The van der Waals surface area contributed by atoms with Crippen LogP contribution in [-0.4, -0.2) is 18.1 Å². The van der Waals surface area contributed by atoms with Crippen molar-refractivity contribution >= 4 is 21.6 Å². The summed E-state index contributed by atoms with van der Waals surface area (Å²) in [5.74, 6) is 0.274. The lowest BCUT2D eigenvalue weighted by Crippen LogP contribution is -2.20. The van der Waals surface area contributed by atoms with Crippen LogP contribution in [-0.2, 0) is 0 Å². The Hall–Kier alpha value is -0.640. The minimum Gasteiger partial charge on any atom is -0.368 e. The molecule has 76 valence electrons. The second-order valence-electron chi connectivity index (χ2n) is 3.80. The maximum absolute atomic E-state index is 13.4. The van der Waals surface area contributed by atoms with E-state index in [1.165, 1.54) is 6.20 Å². The van der Waals surface area contributed by atoms with Crippen LogP contribution in [0.5, 0.6) is 0 Å². The maximum atomic E-state index is 13.4. The van der Waals surface area contributed by atoms with Crippen LogP contribution in [0.15, 0.2) is 16.7 Å². The second-order valence-corrected chi connectivity index (χ2v) is 4.72. The quantitative estimate of drug-likeness (QED) is 0.721. The van der Waals surface area contributed by atoms with Crippen molar-refractivity contribution in [2.24, 2.45) is 5.92 Å². The van der Waals surface area contributed by atoms with Gasteiger partial charge in [-0.15, -0.1) is 0 Å².